The van der Waals surface area contributed by atoms with Gasteiger partial charge in [-0.3, -0.25) is 14.5 Å². The van der Waals surface area contributed by atoms with Crippen molar-refractivity contribution in [3.8, 4) is 11.5 Å². The Morgan fingerprint density at radius 1 is 1.18 bits per heavy atom. The van der Waals surface area contributed by atoms with Crippen molar-refractivity contribution in [2.45, 2.75) is 25.2 Å². The Hall–Kier alpha value is -2.06. The number of hydrogen-bond donors (Lipinski definition) is 0. The highest BCUT2D eigenvalue weighted by Gasteiger charge is 2.38. The van der Waals surface area contributed by atoms with Crippen molar-refractivity contribution in [1.82, 2.24) is 4.90 Å². The van der Waals surface area contributed by atoms with Crippen LogP contribution in [0.5, 0.6) is 11.5 Å². The number of carbonyl (C=O) groups is 2. The molecule has 1 fully saturated rings. The molecule has 2 aromatic rings. The molecule has 0 N–H and O–H groups in total. The van der Waals surface area contributed by atoms with Gasteiger partial charge in [-0.05, 0) is 48.7 Å². The Labute approximate surface area is 175 Å². The van der Waals surface area contributed by atoms with Crippen molar-refractivity contribution in [2.75, 3.05) is 13.7 Å². The summed E-state index contributed by atoms with van der Waals surface area (Å²) in [6, 6.07) is 9.66. The maximum absolute atomic E-state index is 13.0. The fourth-order valence-corrected chi connectivity index (χ4v) is 4.43. The number of halogens is 2. The molecule has 1 aliphatic rings. The van der Waals surface area contributed by atoms with Crippen molar-refractivity contribution < 1.29 is 23.5 Å². The van der Waals surface area contributed by atoms with Crippen molar-refractivity contribution in [3.63, 3.8) is 0 Å². The molecule has 1 aliphatic heterocycles. The van der Waals surface area contributed by atoms with Gasteiger partial charge in [0.15, 0.2) is 11.5 Å². The second-order valence-electron chi connectivity index (χ2n) is 6.17. The normalized spacial score (nSPS) is 16.6. The summed E-state index contributed by atoms with van der Waals surface area (Å²) in [7, 11) is 1.54. The molecule has 0 saturated carbocycles. The third-order valence-electron chi connectivity index (χ3n) is 4.37. The van der Waals surface area contributed by atoms with E-state index in [0.29, 0.717) is 24.5 Å². The Kier molecular flexibility index (Phi) is 6.61. The van der Waals surface area contributed by atoms with Gasteiger partial charge < -0.3 is 9.47 Å². The lowest BCUT2D eigenvalue weighted by Crippen LogP contribution is -2.31. The molecule has 2 amide bonds. The van der Waals surface area contributed by atoms with Crippen LogP contribution in [-0.2, 0) is 17.8 Å². The predicted octanol–water partition coefficient (Wildman–Crippen LogP) is 4.80. The van der Waals surface area contributed by atoms with Crippen LogP contribution in [0.1, 0.15) is 18.1 Å². The van der Waals surface area contributed by atoms with Gasteiger partial charge in [0.1, 0.15) is 12.4 Å². The molecular formula is C20H19BrFNO4S. The van der Waals surface area contributed by atoms with Gasteiger partial charge >= 0.3 is 0 Å². The van der Waals surface area contributed by atoms with E-state index in [4.69, 9.17) is 9.47 Å². The minimum absolute atomic E-state index is 0.167. The summed E-state index contributed by atoms with van der Waals surface area (Å²) in [5, 5.41) is -0.653. The summed E-state index contributed by atoms with van der Waals surface area (Å²) >= 11 is 4.57. The van der Waals surface area contributed by atoms with E-state index < -0.39 is 5.25 Å². The molecule has 148 valence electrons. The average molecular weight is 468 g/mol. The van der Waals surface area contributed by atoms with E-state index in [1.807, 2.05) is 0 Å². The van der Waals surface area contributed by atoms with Gasteiger partial charge in [-0.15, -0.1) is 0 Å². The number of benzene rings is 2. The first-order valence-corrected chi connectivity index (χ1v) is 10.4. The monoisotopic (exact) mass is 467 g/mol. The molecule has 28 heavy (non-hydrogen) atoms. The highest BCUT2D eigenvalue weighted by Crippen LogP contribution is 2.37. The maximum Gasteiger partial charge on any atom is 0.289 e. The van der Waals surface area contributed by atoms with Gasteiger partial charge in [-0.25, -0.2) is 4.39 Å². The number of rotatable bonds is 7. The van der Waals surface area contributed by atoms with Gasteiger partial charge in [0, 0.05) is 11.0 Å². The average Bonchev–Trinajstić information content (AvgIpc) is 2.95. The molecule has 1 heterocycles. The number of imide groups is 1. The molecule has 0 unspecified atom stereocenters. The van der Waals surface area contributed by atoms with Crippen molar-refractivity contribution >= 4 is 38.8 Å². The third-order valence-corrected chi connectivity index (χ3v) is 6.18. The van der Waals surface area contributed by atoms with Crippen LogP contribution in [0.2, 0.25) is 0 Å². The Balaban J connectivity index is 1.75. The summed E-state index contributed by atoms with van der Waals surface area (Å²) in [4.78, 5) is 25.5. The Morgan fingerprint density at radius 3 is 2.50 bits per heavy atom. The largest absolute Gasteiger partial charge is 0.493 e. The van der Waals surface area contributed by atoms with Gasteiger partial charge in [-0.2, -0.15) is 0 Å². The zero-order chi connectivity index (χ0) is 20.3. The number of hydrogen-bond acceptors (Lipinski definition) is 5. The molecule has 5 nitrogen and oxygen atoms in total. The van der Waals surface area contributed by atoms with Gasteiger partial charge in [-0.1, -0.05) is 39.8 Å². The van der Waals surface area contributed by atoms with E-state index in [2.05, 4.69) is 15.9 Å². The minimum atomic E-state index is -0.445. The number of carbonyl (C=O) groups excluding carboxylic acids is 2. The van der Waals surface area contributed by atoms with Crippen molar-refractivity contribution in [2.24, 2.45) is 0 Å². The van der Waals surface area contributed by atoms with Crippen LogP contribution in [0, 0.1) is 5.82 Å². The fraction of sp³-hybridized carbons (Fsp3) is 0.300. The van der Waals surface area contributed by atoms with Gasteiger partial charge in [0.2, 0.25) is 5.91 Å². The number of nitrogens with zero attached hydrogens (tertiary/aromatic N) is 1. The van der Waals surface area contributed by atoms with Crippen LogP contribution >= 0.6 is 27.7 Å². The summed E-state index contributed by atoms with van der Waals surface area (Å²) in [6.45, 7) is 2.42. The van der Waals surface area contributed by atoms with Crippen LogP contribution in [0.15, 0.2) is 40.9 Å². The van der Waals surface area contributed by atoms with E-state index in [-0.39, 0.29) is 23.6 Å². The van der Waals surface area contributed by atoms with Gasteiger partial charge in [0.25, 0.3) is 5.24 Å². The first-order valence-electron chi connectivity index (χ1n) is 8.68. The van der Waals surface area contributed by atoms with Crippen LogP contribution in [0.4, 0.5) is 9.18 Å². The second kappa shape index (κ2) is 8.96. The first-order chi connectivity index (χ1) is 13.4. The summed E-state index contributed by atoms with van der Waals surface area (Å²) in [6.07, 6.45) is 0.404. The van der Waals surface area contributed by atoms with Crippen molar-refractivity contribution in [3.05, 3.63) is 57.8 Å². The topological polar surface area (TPSA) is 55.8 Å². The lowest BCUT2D eigenvalue weighted by atomic mass is 10.1. The quantitative estimate of drug-likeness (QED) is 0.585. The molecule has 0 radical (unpaired) electrons. The molecule has 0 bridgehead atoms. The molecular weight excluding hydrogens is 449 g/mol. The number of thioether (sulfide) groups is 1. The standard InChI is InChI=1S/C20H19BrFNO4S/c1-3-23-19(24)18(28-20(23)25)9-13-8-16(26-2)17(10-15(13)21)27-11-12-4-6-14(22)7-5-12/h4-8,10,18H,3,9,11H2,1-2H3/t18-/m0/s1. The molecule has 8 heteroatoms. The summed E-state index contributed by atoms with van der Waals surface area (Å²) < 4.78 is 25.0. The van der Waals surface area contributed by atoms with E-state index in [1.54, 1.807) is 31.2 Å². The highest BCUT2D eigenvalue weighted by molar-refractivity contribution is 9.10. The smallest absolute Gasteiger partial charge is 0.289 e. The second-order valence-corrected chi connectivity index (χ2v) is 8.18. The van der Waals surface area contributed by atoms with E-state index in [0.717, 1.165) is 27.4 Å². The summed E-state index contributed by atoms with van der Waals surface area (Å²) in [5.41, 5.74) is 1.68. The van der Waals surface area contributed by atoms with Crippen LogP contribution in [0.25, 0.3) is 0 Å². The predicted molar refractivity (Wildman–Crippen MR) is 109 cm³/mol. The van der Waals surface area contributed by atoms with Crippen molar-refractivity contribution in [1.29, 1.82) is 0 Å². The van der Waals surface area contributed by atoms with Crippen LogP contribution < -0.4 is 9.47 Å². The molecule has 3 rings (SSSR count). The lowest BCUT2D eigenvalue weighted by molar-refractivity contribution is -0.126. The van der Waals surface area contributed by atoms with E-state index in [1.165, 1.54) is 24.1 Å². The van der Waals surface area contributed by atoms with Gasteiger partial charge in [0.05, 0.1) is 12.4 Å². The molecule has 1 atom stereocenters. The SMILES string of the molecule is CCN1C(=O)S[C@@H](Cc2cc(OC)c(OCc3ccc(F)cc3)cc2Br)C1=O. The Morgan fingerprint density at radius 2 is 1.89 bits per heavy atom. The molecule has 0 aromatic heterocycles. The van der Waals surface area contributed by atoms with E-state index >= 15 is 0 Å². The molecule has 0 spiro atoms. The number of amides is 2. The first kappa shape index (κ1) is 20.7. The van der Waals surface area contributed by atoms with Crippen LogP contribution in [-0.4, -0.2) is 35.0 Å². The zero-order valence-electron chi connectivity index (χ0n) is 15.4. The third kappa shape index (κ3) is 4.50. The van der Waals surface area contributed by atoms with Crippen LogP contribution in [0.3, 0.4) is 0 Å². The molecule has 0 aliphatic carbocycles. The highest BCUT2D eigenvalue weighted by atomic mass is 79.9. The molecule has 2 aromatic carbocycles. The molecule has 1 saturated heterocycles. The zero-order valence-corrected chi connectivity index (χ0v) is 17.8. The fourth-order valence-electron chi connectivity index (χ4n) is 2.86. The maximum atomic E-state index is 13.0. The lowest BCUT2D eigenvalue weighted by Gasteiger charge is -2.15. The Bertz CT molecular complexity index is 891. The number of methoxy groups -OCH3 is 1. The summed E-state index contributed by atoms with van der Waals surface area (Å²) in [5.74, 6) is 0.585. The minimum Gasteiger partial charge on any atom is -0.493 e. The number of ether oxygens (including phenoxy) is 2. The van der Waals surface area contributed by atoms with E-state index in [9.17, 15) is 14.0 Å².